The third-order valence-corrected chi connectivity index (χ3v) is 5.90. The predicted molar refractivity (Wildman–Crippen MR) is 135 cm³/mol. The first-order valence-electron chi connectivity index (χ1n) is 10.8. The molecule has 3 aromatic rings. The van der Waals surface area contributed by atoms with E-state index in [2.05, 4.69) is 31.3 Å². The standard InChI is InChI=1S/C24H19BrClF2N3O6/c25-19-10-15(22(32)30-16-6-8-17(9-7-16)37-24(26,27)28)11-20(31(33)34)21(19)29-12-18-13-35-23(36-18)14-4-2-1-3-5-14/h1-11,18,23,29H,12-13H2,(H,30,32)/t18-,23-/m0/s1. The zero-order chi connectivity index (χ0) is 26.6. The minimum absolute atomic E-state index is 0.00124. The number of hydrogen-bond acceptors (Lipinski definition) is 7. The molecule has 2 atom stereocenters. The van der Waals surface area contributed by atoms with Gasteiger partial charge in [-0.3, -0.25) is 14.9 Å². The number of rotatable bonds is 9. The van der Waals surface area contributed by atoms with E-state index in [9.17, 15) is 23.7 Å². The van der Waals surface area contributed by atoms with Crippen LogP contribution < -0.4 is 15.4 Å². The molecule has 194 valence electrons. The van der Waals surface area contributed by atoms with Crippen molar-refractivity contribution in [2.45, 2.75) is 18.0 Å². The molecule has 0 spiro atoms. The Bertz CT molecular complexity index is 1280. The highest BCUT2D eigenvalue weighted by Gasteiger charge is 2.29. The molecule has 3 aromatic carbocycles. The summed E-state index contributed by atoms with van der Waals surface area (Å²) < 4.78 is 41.5. The molecule has 1 saturated heterocycles. The van der Waals surface area contributed by atoms with Crippen LogP contribution >= 0.6 is 27.5 Å². The highest BCUT2D eigenvalue weighted by molar-refractivity contribution is 9.10. The second-order valence-corrected chi connectivity index (χ2v) is 9.14. The van der Waals surface area contributed by atoms with E-state index in [4.69, 9.17) is 21.1 Å². The van der Waals surface area contributed by atoms with Crippen LogP contribution in [0.2, 0.25) is 0 Å². The van der Waals surface area contributed by atoms with Crippen molar-refractivity contribution in [3.63, 3.8) is 0 Å². The number of amides is 1. The lowest BCUT2D eigenvalue weighted by atomic mass is 10.1. The van der Waals surface area contributed by atoms with E-state index in [0.29, 0.717) is 11.1 Å². The van der Waals surface area contributed by atoms with E-state index in [-0.39, 0.29) is 41.0 Å². The molecule has 13 heteroatoms. The van der Waals surface area contributed by atoms with Crippen molar-refractivity contribution in [3.05, 3.63) is 92.4 Å². The van der Waals surface area contributed by atoms with Gasteiger partial charge in [0.1, 0.15) is 17.5 Å². The summed E-state index contributed by atoms with van der Waals surface area (Å²) in [7, 11) is 0. The van der Waals surface area contributed by atoms with Crippen LogP contribution in [0, 0.1) is 10.1 Å². The average molecular weight is 599 g/mol. The van der Waals surface area contributed by atoms with Gasteiger partial charge in [0.05, 0.1) is 11.5 Å². The Morgan fingerprint density at radius 2 is 1.89 bits per heavy atom. The number of carbonyl (C=O) groups excluding carboxylic acids is 1. The lowest BCUT2D eigenvalue weighted by molar-refractivity contribution is -0.384. The molecule has 1 aliphatic rings. The molecule has 0 radical (unpaired) electrons. The summed E-state index contributed by atoms with van der Waals surface area (Å²) in [5.74, 6) is -0.858. The molecular formula is C24H19BrClF2N3O6. The number of alkyl halides is 3. The Balaban J connectivity index is 1.42. The van der Waals surface area contributed by atoms with Crippen LogP contribution in [-0.4, -0.2) is 35.7 Å². The van der Waals surface area contributed by atoms with Gasteiger partial charge >= 0.3 is 5.57 Å². The molecule has 4 rings (SSSR count). The zero-order valence-corrected chi connectivity index (χ0v) is 21.2. The van der Waals surface area contributed by atoms with Gasteiger partial charge in [-0.15, -0.1) is 8.78 Å². The molecule has 1 aliphatic heterocycles. The molecule has 0 aromatic heterocycles. The summed E-state index contributed by atoms with van der Waals surface area (Å²) >= 11 is 8.02. The number of halogens is 4. The van der Waals surface area contributed by atoms with Gasteiger partial charge in [0.15, 0.2) is 6.29 Å². The van der Waals surface area contributed by atoms with E-state index in [1.54, 1.807) is 0 Å². The first-order chi connectivity index (χ1) is 17.6. The van der Waals surface area contributed by atoms with Crippen LogP contribution in [0.3, 0.4) is 0 Å². The van der Waals surface area contributed by atoms with Crippen LogP contribution in [-0.2, 0) is 9.47 Å². The van der Waals surface area contributed by atoms with Gasteiger partial charge in [-0.2, -0.15) is 0 Å². The van der Waals surface area contributed by atoms with Crippen molar-refractivity contribution >= 4 is 50.5 Å². The van der Waals surface area contributed by atoms with Gasteiger partial charge < -0.3 is 24.8 Å². The molecule has 0 saturated carbocycles. The van der Waals surface area contributed by atoms with Crippen LogP contribution in [0.25, 0.3) is 0 Å². The number of nitrogens with one attached hydrogen (secondary N) is 2. The molecule has 1 amide bonds. The van der Waals surface area contributed by atoms with Crippen molar-refractivity contribution in [1.29, 1.82) is 0 Å². The summed E-state index contributed by atoms with van der Waals surface area (Å²) in [6, 6.07) is 17.0. The van der Waals surface area contributed by atoms with Gasteiger partial charge in [0.25, 0.3) is 11.6 Å². The summed E-state index contributed by atoms with van der Waals surface area (Å²) in [6.07, 6.45) is -0.880. The van der Waals surface area contributed by atoms with E-state index < -0.39 is 22.7 Å². The third-order valence-electron chi connectivity index (χ3n) is 5.20. The molecule has 37 heavy (non-hydrogen) atoms. The summed E-state index contributed by atoms with van der Waals surface area (Å²) in [4.78, 5) is 23.9. The lowest BCUT2D eigenvalue weighted by Crippen LogP contribution is -2.22. The molecular weight excluding hydrogens is 580 g/mol. The number of nitrogens with zero attached hydrogens (tertiary/aromatic N) is 1. The molecule has 1 heterocycles. The topological polar surface area (TPSA) is 112 Å². The number of hydrogen-bond donors (Lipinski definition) is 2. The van der Waals surface area contributed by atoms with Crippen LogP contribution in [0.5, 0.6) is 5.75 Å². The van der Waals surface area contributed by atoms with E-state index in [0.717, 1.165) is 11.6 Å². The number of ether oxygens (including phenoxy) is 3. The highest BCUT2D eigenvalue weighted by atomic mass is 79.9. The van der Waals surface area contributed by atoms with Crippen molar-refractivity contribution in [1.82, 2.24) is 0 Å². The van der Waals surface area contributed by atoms with E-state index in [1.165, 1.54) is 30.3 Å². The third kappa shape index (κ3) is 7.13. The van der Waals surface area contributed by atoms with Gasteiger partial charge in [0, 0.05) is 45.5 Å². The Hall–Kier alpha value is -3.32. The Morgan fingerprint density at radius 1 is 1.19 bits per heavy atom. The molecule has 0 aliphatic carbocycles. The van der Waals surface area contributed by atoms with Crippen molar-refractivity contribution in [2.75, 3.05) is 23.8 Å². The largest absolute Gasteiger partial charge is 0.487 e. The van der Waals surface area contributed by atoms with E-state index >= 15 is 0 Å². The quantitative estimate of drug-likeness (QED) is 0.169. The smallest absolute Gasteiger partial charge is 0.420 e. The Morgan fingerprint density at radius 3 is 2.54 bits per heavy atom. The Kier molecular flexibility index (Phi) is 8.22. The normalized spacial score (nSPS) is 17.3. The summed E-state index contributed by atoms with van der Waals surface area (Å²) in [5.41, 5.74) is -2.90. The van der Waals surface area contributed by atoms with Crippen molar-refractivity contribution < 1.29 is 32.7 Å². The average Bonchev–Trinajstić information content (AvgIpc) is 3.32. The number of benzene rings is 3. The maximum atomic E-state index is 12.7. The fourth-order valence-electron chi connectivity index (χ4n) is 3.54. The number of nitro groups is 1. The number of carbonyl (C=O) groups is 1. The number of nitro benzene ring substituents is 1. The second-order valence-electron chi connectivity index (χ2n) is 7.85. The molecule has 0 unspecified atom stereocenters. The minimum Gasteiger partial charge on any atom is -0.420 e. The fraction of sp³-hybridized carbons (Fsp3) is 0.208. The molecule has 2 N–H and O–H groups in total. The van der Waals surface area contributed by atoms with Crippen LogP contribution in [0.1, 0.15) is 22.2 Å². The highest BCUT2D eigenvalue weighted by Crippen LogP contribution is 2.35. The van der Waals surface area contributed by atoms with Crippen LogP contribution in [0.4, 0.5) is 25.8 Å². The second kappa shape index (κ2) is 11.4. The Labute approximate surface area is 222 Å². The predicted octanol–water partition coefficient (Wildman–Crippen LogP) is 6.30. The lowest BCUT2D eigenvalue weighted by Gasteiger charge is -2.15. The van der Waals surface area contributed by atoms with Crippen LogP contribution in [0.15, 0.2) is 71.2 Å². The monoisotopic (exact) mass is 597 g/mol. The molecule has 0 bridgehead atoms. The van der Waals surface area contributed by atoms with Gasteiger partial charge in [-0.25, -0.2) is 0 Å². The zero-order valence-electron chi connectivity index (χ0n) is 18.8. The SMILES string of the molecule is O=C(Nc1ccc(OC(F)(F)Cl)cc1)c1cc(Br)c(NC[C@H]2CO[C@H](c3ccccc3)O2)c([N+](=O)[O-])c1. The first-order valence-corrected chi connectivity index (χ1v) is 12.0. The first kappa shape index (κ1) is 26.7. The fourth-order valence-corrected chi connectivity index (χ4v) is 4.22. The van der Waals surface area contributed by atoms with Gasteiger partial charge in [-0.1, -0.05) is 30.3 Å². The maximum absolute atomic E-state index is 12.7. The van der Waals surface area contributed by atoms with Gasteiger partial charge in [-0.05, 0) is 46.3 Å². The minimum atomic E-state index is -3.87. The van der Waals surface area contributed by atoms with E-state index in [1.807, 2.05) is 30.3 Å². The number of anilines is 2. The van der Waals surface area contributed by atoms with Gasteiger partial charge in [0.2, 0.25) is 0 Å². The molecule has 9 nitrogen and oxygen atoms in total. The maximum Gasteiger partial charge on any atom is 0.487 e. The van der Waals surface area contributed by atoms with Crippen molar-refractivity contribution in [2.24, 2.45) is 0 Å². The van der Waals surface area contributed by atoms with Crippen molar-refractivity contribution in [3.8, 4) is 5.75 Å². The molecule has 1 fully saturated rings. The summed E-state index contributed by atoms with van der Waals surface area (Å²) in [5, 5.41) is 17.3. The summed E-state index contributed by atoms with van der Waals surface area (Å²) in [6.45, 7) is 0.523.